The zero-order valence-corrected chi connectivity index (χ0v) is 20.2. The molecule has 1 aliphatic rings. The van der Waals surface area contributed by atoms with Gasteiger partial charge in [0, 0.05) is 28.7 Å². The second-order valence-electron chi connectivity index (χ2n) is 7.96. The molecule has 4 rings (SSSR count). The summed E-state index contributed by atoms with van der Waals surface area (Å²) in [4.78, 5) is 23.7. The van der Waals surface area contributed by atoms with E-state index >= 15 is 0 Å². The van der Waals surface area contributed by atoms with Gasteiger partial charge in [-0.05, 0) is 54.1 Å². The van der Waals surface area contributed by atoms with Gasteiger partial charge in [-0.1, -0.05) is 24.6 Å². The summed E-state index contributed by atoms with van der Waals surface area (Å²) in [6.45, 7) is 2.02. The summed E-state index contributed by atoms with van der Waals surface area (Å²) in [7, 11) is -2.72. The number of amides is 1. The molecule has 0 aliphatic carbocycles. The van der Waals surface area contributed by atoms with Gasteiger partial charge in [0.05, 0.1) is 18.4 Å². The summed E-state index contributed by atoms with van der Waals surface area (Å²) >= 11 is 6.05. The molecule has 1 aliphatic heterocycles. The van der Waals surface area contributed by atoms with Crippen LogP contribution in [-0.2, 0) is 10.0 Å². The van der Waals surface area contributed by atoms with Crippen molar-refractivity contribution in [3.8, 4) is 5.75 Å². The Morgan fingerprint density at radius 3 is 2.54 bits per heavy atom. The highest BCUT2D eigenvalue weighted by Crippen LogP contribution is 2.42. The minimum absolute atomic E-state index is 0.0551. The van der Waals surface area contributed by atoms with Crippen molar-refractivity contribution in [2.45, 2.75) is 17.7 Å². The van der Waals surface area contributed by atoms with Crippen LogP contribution < -0.4 is 14.4 Å². The van der Waals surface area contributed by atoms with Crippen molar-refractivity contribution in [2.75, 3.05) is 23.3 Å². The van der Waals surface area contributed by atoms with Crippen LogP contribution in [-0.4, -0.2) is 39.1 Å². The molecule has 1 unspecified atom stereocenters. The van der Waals surface area contributed by atoms with Crippen LogP contribution in [0.5, 0.6) is 5.75 Å². The molecule has 2 N–H and O–H groups in total. The van der Waals surface area contributed by atoms with E-state index < -0.39 is 33.3 Å². The summed E-state index contributed by atoms with van der Waals surface area (Å²) < 4.78 is 47.6. The van der Waals surface area contributed by atoms with Gasteiger partial charge < -0.3 is 15.2 Å². The highest BCUT2D eigenvalue weighted by atomic mass is 35.5. The summed E-state index contributed by atoms with van der Waals surface area (Å²) in [6, 6.07) is 12.2. The predicted molar refractivity (Wildman–Crippen MR) is 129 cm³/mol. The molecule has 182 valence electrons. The van der Waals surface area contributed by atoms with Crippen molar-refractivity contribution < 1.29 is 32.2 Å². The molecule has 3 aromatic carbocycles. The van der Waals surface area contributed by atoms with E-state index in [1.807, 2.05) is 6.92 Å². The standard InChI is InChI=1S/C24H20ClFN2O6S/c1-13-12-28(35(32,33)22-10-15(25)4-8-21(22)34-2)20-9-14(3-6-17(13)20)23(29)27-16-5-7-18(24(30)31)19(26)11-16/h3-11,13H,12H2,1-2H3,(H,27,29)(H,30,31). The number of fused-ring (bicyclic) bond motifs is 1. The monoisotopic (exact) mass is 518 g/mol. The Labute approximate surface area is 205 Å². The summed E-state index contributed by atoms with van der Waals surface area (Å²) in [6.07, 6.45) is 0. The second kappa shape index (κ2) is 9.20. The molecule has 0 radical (unpaired) electrons. The van der Waals surface area contributed by atoms with Crippen LogP contribution in [0.4, 0.5) is 15.8 Å². The van der Waals surface area contributed by atoms with Crippen LogP contribution in [0.15, 0.2) is 59.5 Å². The van der Waals surface area contributed by atoms with Crippen molar-refractivity contribution in [1.82, 2.24) is 0 Å². The fraction of sp³-hybridized carbons (Fsp3) is 0.167. The number of hydrogen-bond donors (Lipinski definition) is 2. The number of carboxylic acids is 1. The molecule has 0 bridgehead atoms. The summed E-state index contributed by atoms with van der Waals surface area (Å²) in [5, 5.41) is 11.7. The van der Waals surface area contributed by atoms with Crippen LogP contribution in [0, 0.1) is 5.82 Å². The number of carboxylic acid groups (broad SMARTS) is 1. The van der Waals surface area contributed by atoms with Gasteiger partial charge in [0.2, 0.25) is 0 Å². The smallest absolute Gasteiger partial charge is 0.338 e. The van der Waals surface area contributed by atoms with Gasteiger partial charge in [-0.2, -0.15) is 0 Å². The molecule has 1 heterocycles. The van der Waals surface area contributed by atoms with Gasteiger partial charge >= 0.3 is 5.97 Å². The lowest BCUT2D eigenvalue weighted by Gasteiger charge is -2.22. The normalized spacial score (nSPS) is 15.0. The third-order valence-electron chi connectivity index (χ3n) is 5.68. The number of benzene rings is 3. The van der Waals surface area contributed by atoms with Crippen LogP contribution in [0.3, 0.4) is 0 Å². The number of rotatable bonds is 6. The third kappa shape index (κ3) is 4.54. The number of carbonyl (C=O) groups is 2. The number of aromatic carboxylic acids is 1. The zero-order valence-electron chi connectivity index (χ0n) is 18.6. The van der Waals surface area contributed by atoms with Crippen LogP contribution in [0.25, 0.3) is 0 Å². The highest BCUT2D eigenvalue weighted by molar-refractivity contribution is 7.93. The molecule has 0 fully saturated rings. The fourth-order valence-electron chi connectivity index (χ4n) is 3.93. The molecule has 0 spiro atoms. The van der Waals surface area contributed by atoms with Gasteiger partial charge in [-0.25, -0.2) is 17.6 Å². The molecule has 8 nitrogen and oxygen atoms in total. The first-order valence-corrected chi connectivity index (χ1v) is 12.2. The van der Waals surface area contributed by atoms with Gasteiger partial charge in [-0.15, -0.1) is 0 Å². The second-order valence-corrected chi connectivity index (χ2v) is 10.2. The molecule has 1 atom stereocenters. The Kier molecular flexibility index (Phi) is 6.44. The predicted octanol–water partition coefficient (Wildman–Crippen LogP) is 4.75. The molecule has 0 aromatic heterocycles. The number of sulfonamides is 1. The Hall–Kier alpha value is -3.63. The van der Waals surface area contributed by atoms with E-state index in [2.05, 4.69) is 5.32 Å². The average molecular weight is 519 g/mol. The molecule has 11 heteroatoms. The lowest BCUT2D eigenvalue weighted by Crippen LogP contribution is -2.30. The topological polar surface area (TPSA) is 113 Å². The molecule has 0 saturated heterocycles. The molecule has 0 saturated carbocycles. The van der Waals surface area contributed by atoms with Crippen molar-refractivity contribution in [1.29, 1.82) is 0 Å². The molecule has 3 aromatic rings. The molecular weight excluding hydrogens is 499 g/mol. The van der Waals surface area contributed by atoms with Crippen molar-refractivity contribution in [3.05, 3.63) is 82.1 Å². The van der Waals surface area contributed by atoms with Crippen molar-refractivity contribution >= 4 is 44.9 Å². The van der Waals surface area contributed by atoms with Gasteiger partial charge in [-0.3, -0.25) is 9.10 Å². The molecule has 35 heavy (non-hydrogen) atoms. The third-order valence-corrected chi connectivity index (χ3v) is 7.72. The average Bonchev–Trinajstić information content (AvgIpc) is 3.15. The van der Waals surface area contributed by atoms with Crippen molar-refractivity contribution in [3.63, 3.8) is 0 Å². The lowest BCUT2D eigenvalue weighted by molar-refractivity contribution is 0.0691. The van der Waals surface area contributed by atoms with Gasteiger partial charge in [0.1, 0.15) is 16.5 Å². The van der Waals surface area contributed by atoms with Gasteiger partial charge in [0.15, 0.2) is 0 Å². The van der Waals surface area contributed by atoms with E-state index in [9.17, 15) is 22.4 Å². The van der Waals surface area contributed by atoms with Crippen LogP contribution in [0.2, 0.25) is 5.02 Å². The Morgan fingerprint density at radius 1 is 1.14 bits per heavy atom. The number of nitrogens with zero attached hydrogens (tertiary/aromatic N) is 1. The van der Waals surface area contributed by atoms with Crippen LogP contribution in [0.1, 0.15) is 39.1 Å². The van der Waals surface area contributed by atoms with Crippen LogP contribution >= 0.6 is 11.6 Å². The first-order valence-electron chi connectivity index (χ1n) is 10.4. The quantitative estimate of drug-likeness (QED) is 0.487. The summed E-state index contributed by atoms with van der Waals surface area (Å²) in [5.74, 6) is -3.04. The molecule has 1 amide bonds. The van der Waals surface area contributed by atoms with E-state index in [4.69, 9.17) is 21.4 Å². The van der Waals surface area contributed by atoms with E-state index in [0.717, 1.165) is 17.7 Å². The maximum absolute atomic E-state index is 14.0. The molecular formula is C24H20ClFN2O6S. The first-order chi connectivity index (χ1) is 16.5. The van der Waals surface area contributed by atoms with E-state index in [1.54, 1.807) is 12.1 Å². The minimum Gasteiger partial charge on any atom is -0.495 e. The van der Waals surface area contributed by atoms with E-state index in [1.165, 1.54) is 41.7 Å². The Morgan fingerprint density at radius 2 is 1.89 bits per heavy atom. The number of ether oxygens (including phenoxy) is 1. The first kappa shape index (κ1) is 24.5. The minimum atomic E-state index is -4.08. The zero-order chi connectivity index (χ0) is 25.5. The maximum Gasteiger partial charge on any atom is 0.338 e. The van der Waals surface area contributed by atoms with E-state index in [0.29, 0.717) is 5.69 Å². The summed E-state index contributed by atoms with van der Waals surface area (Å²) in [5.41, 5.74) is 0.743. The maximum atomic E-state index is 14.0. The Bertz CT molecular complexity index is 1460. The number of halogens is 2. The van der Waals surface area contributed by atoms with Crippen molar-refractivity contribution in [2.24, 2.45) is 0 Å². The lowest BCUT2D eigenvalue weighted by atomic mass is 10.0. The fourth-order valence-corrected chi connectivity index (χ4v) is 5.92. The van der Waals surface area contributed by atoms with E-state index in [-0.39, 0.29) is 39.4 Å². The number of anilines is 2. The Balaban J connectivity index is 1.68. The number of methoxy groups -OCH3 is 1. The SMILES string of the molecule is COc1ccc(Cl)cc1S(=O)(=O)N1CC(C)c2ccc(C(=O)Nc3ccc(C(=O)O)c(F)c3)cc21. The number of carbonyl (C=O) groups excluding carboxylic acids is 1. The largest absolute Gasteiger partial charge is 0.495 e. The number of nitrogens with one attached hydrogen (secondary N) is 1. The highest BCUT2D eigenvalue weighted by Gasteiger charge is 2.37. The van der Waals surface area contributed by atoms with Gasteiger partial charge in [0.25, 0.3) is 15.9 Å². The number of hydrogen-bond acceptors (Lipinski definition) is 5.